The van der Waals surface area contributed by atoms with Gasteiger partial charge in [-0.15, -0.1) is 0 Å². The summed E-state index contributed by atoms with van der Waals surface area (Å²) in [5.74, 6) is -0.309. The van der Waals surface area contributed by atoms with E-state index in [-0.39, 0.29) is 12.6 Å². The monoisotopic (exact) mass is 309 g/mol. The molecule has 1 aromatic heterocycles. The number of aromatic amines is 1. The van der Waals surface area contributed by atoms with E-state index in [1.165, 1.54) is 0 Å². The van der Waals surface area contributed by atoms with Crippen LogP contribution in [0.5, 0.6) is 0 Å². The second-order valence-corrected chi connectivity index (χ2v) is 6.52. The molecular weight excluding hydrogens is 288 g/mol. The summed E-state index contributed by atoms with van der Waals surface area (Å²) in [6.07, 6.45) is 0. The summed E-state index contributed by atoms with van der Waals surface area (Å²) in [5, 5.41) is 1.12. The molecule has 0 bridgehead atoms. The number of esters is 1. The van der Waals surface area contributed by atoms with Gasteiger partial charge in [-0.3, -0.25) is 4.48 Å². The van der Waals surface area contributed by atoms with Crippen molar-refractivity contribution in [1.29, 1.82) is 0 Å². The molecule has 0 saturated heterocycles. The molecule has 3 rings (SSSR count). The van der Waals surface area contributed by atoms with Crippen molar-refractivity contribution in [2.75, 3.05) is 21.1 Å². The molecule has 2 aromatic carbocycles. The van der Waals surface area contributed by atoms with Crippen LogP contribution in [0.1, 0.15) is 16.1 Å². The molecule has 1 N–H and O–H groups in total. The number of nitrogens with zero attached hydrogens (tertiary/aromatic N) is 1. The van der Waals surface area contributed by atoms with Gasteiger partial charge in [-0.05, 0) is 41.8 Å². The van der Waals surface area contributed by atoms with Gasteiger partial charge in [0, 0.05) is 5.52 Å². The molecular formula is C19H21N2O2+. The van der Waals surface area contributed by atoms with Crippen LogP contribution in [0.3, 0.4) is 0 Å². The first kappa shape index (κ1) is 15.3. The first-order valence-corrected chi connectivity index (χ1v) is 7.59. The summed E-state index contributed by atoms with van der Waals surface area (Å²) < 4.78 is 6.11. The zero-order valence-corrected chi connectivity index (χ0v) is 13.7. The summed E-state index contributed by atoms with van der Waals surface area (Å²) in [6.45, 7) is 0.241. The molecule has 3 aromatic rings. The Morgan fingerprint density at radius 3 is 2.39 bits per heavy atom. The third kappa shape index (κ3) is 3.43. The van der Waals surface area contributed by atoms with Crippen LogP contribution in [-0.4, -0.2) is 32.1 Å². The minimum atomic E-state index is -0.309. The summed E-state index contributed by atoms with van der Waals surface area (Å²) in [5.41, 5.74) is 3.64. The SMILES string of the molecule is C[N+](C)(C)c1ccc(C(=O)OCc2cc3ccccc3[nH]2)cc1. The van der Waals surface area contributed by atoms with Gasteiger partial charge in [0.1, 0.15) is 12.3 Å². The van der Waals surface area contributed by atoms with E-state index >= 15 is 0 Å². The van der Waals surface area contributed by atoms with Crippen LogP contribution in [0.25, 0.3) is 10.9 Å². The number of benzene rings is 2. The molecule has 0 fully saturated rings. The molecule has 0 spiro atoms. The normalized spacial score (nSPS) is 11.6. The van der Waals surface area contributed by atoms with E-state index in [0.717, 1.165) is 22.3 Å². The summed E-state index contributed by atoms with van der Waals surface area (Å²) in [7, 11) is 6.26. The van der Waals surface area contributed by atoms with Crippen LogP contribution in [0.2, 0.25) is 0 Å². The second kappa shape index (κ2) is 5.89. The van der Waals surface area contributed by atoms with Crippen molar-refractivity contribution in [3.63, 3.8) is 0 Å². The molecule has 0 saturated carbocycles. The van der Waals surface area contributed by atoms with Crippen molar-refractivity contribution in [2.24, 2.45) is 0 Å². The van der Waals surface area contributed by atoms with E-state index in [1.807, 2.05) is 54.6 Å². The Kier molecular flexibility index (Phi) is 3.92. The minimum Gasteiger partial charge on any atom is -0.456 e. The Hall–Kier alpha value is -2.59. The molecule has 0 atom stereocenters. The molecule has 0 aliphatic carbocycles. The molecule has 0 unspecified atom stereocenters. The maximum atomic E-state index is 12.2. The van der Waals surface area contributed by atoms with Crippen molar-refractivity contribution >= 4 is 22.6 Å². The van der Waals surface area contributed by atoms with E-state index in [0.29, 0.717) is 10.0 Å². The highest BCUT2D eigenvalue weighted by molar-refractivity contribution is 5.89. The second-order valence-electron chi connectivity index (χ2n) is 6.52. The van der Waals surface area contributed by atoms with Crippen LogP contribution < -0.4 is 4.48 Å². The van der Waals surface area contributed by atoms with Gasteiger partial charge in [0.2, 0.25) is 0 Å². The molecule has 4 nitrogen and oxygen atoms in total. The van der Waals surface area contributed by atoms with E-state index < -0.39 is 0 Å². The molecule has 118 valence electrons. The number of rotatable bonds is 4. The Morgan fingerprint density at radius 1 is 1.04 bits per heavy atom. The van der Waals surface area contributed by atoms with Crippen LogP contribution in [0, 0.1) is 0 Å². The Morgan fingerprint density at radius 2 is 1.74 bits per heavy atom. The fraction of sp³-hybridized carbons (Fsp3) is 0.211. The van der Waals surface area contributed by atoms with Gasteiger partial charge in [0.15, 0.2) is 0 Å². The van der Waals surface area contributed by atoms with Crippen LogP contribution in [-0.2, 0) is 11.3 Å². The maximum absolute atomic E-state index is 12.2. The standard InChI is InChI=1S/C19H21N2O2/c1-21(2,3)17-10-8-14(9-11-17)19(22)23-13-16-12-15-6-4-5-7-18(15)20-16/h4-12,20H,13H2,1-3H3/q+1. The highest BCUT2D eigenvalue weighted by atomic mass is 16.5. The third-order valence-electron chi connectivity index (χ3n) is 3.82. The number of carbonyl (C=O) groups is 1. The van der Waals surface area contributed by atoms with Gasteiger partial charge >= 0.3 is 5.97 Å². The Bertz CT molecular complexity index is 793. The van der Waals surface area contributed by atoms with Crippen molar-refractivity contribution in [3.05, 3.63) is 65.9 Å². The fourth-order valence-electron chi connectivity index (χ4n) is 2.48. The molecule has 0 aliphatic heterocycles. The predicted molar refractivity (Wildman–Crippen MR) is 93.4 cm³/mol. The van der Waals surface area contributed by atoms with Crippen molar-refractivity contribution in [3.8, 4) is 0 Å². The van der Waals surface area contributed by atoms with E-state index in [1.54, 1.807) is 0 Å². The van der Waals surface area contributed by atoms with Crippen molar-refractivity contribution in [1.82, 2.24) is 9.47 Å². The molecule has 4 heteroatoms. The smallest absolute Gasteiger partial charge is 0.338 e. The Labute approximate surface area is 135 Å². The third-order valence-corrected chi connectivity index (χ3v) is 3.82. The lowest BCUT2D eigenvalue weighted by molar-refractivity contribution is 0.0468. The number of para-hydroxylation sites is 1. The first-order valence-electron chi connectivity index (χ1n) is 7.59. The quantitative estimate of drug-likeness (QED) is 0.589. The summed E-state index contributed by atoms with van der Waals surface area (Å²) >= 11 is 0. The molecule has 1 heterocycles. The number of hydrogen-bond donors (Lipinski definition) is 1. The number of hydrogen-bond acceptors (Lipinski definition) is 2. The largest absolute Gasteiger partial charge is 0.456 e. The number of nitrogens with one attached hydrogen (secondary N) is 1. The highest BCUT2D eigenvalue weighted by Gasteiger charge is 2.14. The highest BCUT2D eigenvalue weighted by Crippen LogP contribution is 2.19. The van der Waals surface area contributed by atoms with Gasteiger partial charge in [-0.1, -0.05) is 18.2 Å². The van der Waals surface area contributed by atoms with Crippen molar-refractivity contribution < 1.29 is 9.53 Å². The van der Waals surface area contributed by atoms with Gasteiger partial charge in [0.05, 0.1) is 32.4 Å². The molecule has 0 amide bonds. The lowest BCUT2D eigenvalue weighted by Crippen LogP contribution is -2.34. The summed E-state index contributed by atoms with van der Waals surface area (Å²) in [4.78, 5) is 15.4. The van der Waals surface area contributed by atoms with Crippen LogP contribution in [0.15, 0.2) is 54.6 Å². The summed E-state index contributed by atoms with van der Waals surface area (Å²) in [6, 6.07) is 17.5. The van der Waals surface area contributed by atoms with Crippen LogP contribution >= 0.6 is 0 Å². The van der Waals surface area contributed by atoms with E-state index in [2.05, 4.69) is 26.1 Å². The van der Waals surface area contributed by atoms with Gasteiger partial charge in [-0.2, -0.15) is 0 Å². The zero-order chi connectivity index (χ0) is 16.4. The van der Waals surface area contributed by atoms with Gasteiger partial charge < -0.3 is 9.72 Å². The van der Waals surface area contributed by atoms with Crippen LogP contribution in [0.4, 0.5) is 5.69 Å². The molecule has 23 heavy (non-hydrogen) atoms. The average Bonchev–Trinajstić information content (AvgIpc) is 2.95. The van der Waals surface area contributed by atoms with Gasteiger partial charge in [0.25, 0.3) is 0 Å². The number of aromatic nitrogens is 1. The molecule has 0 radical (unpaired) electrons. The maximum Gasteiger partial charge on any atom is 0.338 e. The average molecular weight is 309 g/mol. The Balaban J connectivity index is 1.67. The van der Waals surface area contributed by atoms with Crippen molar-refractivity contribution in [2.45, 2.75) is 6.61 Å². The topological polar surface area (TPSA) is 42.1 Å². The fourth-order valence-corrected chi connectivity index (χ4v) is 2.48. The molecule has 0 aliphatic rings. The number of quaternary nitrogens is 1. The lowest BCUT2D eigenvalue weighted by atomic mass is 10.2. The number of ether oxygens (including phenoxy) is 1. The lowest BCUT2D eigenvalue weighted by Gasteiger charge is -2.23. The number of fused-ring (bicyclic) bond motifs is 1. The van der Waals surface area contributed by atoms with E-state index in [4.69, 9.17) is 4.74 Å². The van der Waals surface area contributed by atoms with E-state index in [9.17, 15) is 4.79 Å². The first-order chi connectivity index (χ1) is 10.9. The minimum absolute atomic E-state index is 0.241. The number of carbonyl (C=O) groups excluding carboxylic acids is 1. The number of H-pyrrole nitrogens is 1. The van der Waals surface area contributed by atoms with Gasteiger partial charge in [-0.25, -0.2) is 4.79 Å². The predicted octanol–water partition coefficient (Wildman–Crippen LogP) is 3.72. The zero-order valence-electron chi connectivity index (χ0n) is 13.7.